The van der Waals surface area contributed by atoms with Crippen LogP contribution in [0, 0.1) is 5.82 Å². The molecular formula is C12H12BrFN2O2S2. The summed E-state index contributed by atoms with van der Waals surface area (Å²) in [7, 11) is -3.75. The highest BCUT2D eigenvalue weighted by Crippen LogP contribution is 2.25. The number of nitrogen functional groups attached to an aromatic ring is 1. The normalized spacial score (nSPS) is 11.7. The summed E-state index contributed by atoms with van der Waals surface area (Å²) in [5, 5.41) is 3.88. The first-order valence-electron chi connectivity index (χ1n) is 5.65. The molecule has 0 unspecified atom stereocenters. The molecule has 4 nitrogen and oxygen atoms in total. The van der Waals surface area contributed by atoms with Crippen LogP contribution in [0.3, 0.4) is 0 Å². The summed E-state index contributed by atoms with van der Waals surface area (Å²) < 4.78 is 40.0. The fourth-order valence-electron chi connectivity index (χ4n) is 1.62. The molecule has 0 fully saturated rings. The second-order valence-corrected chi connectivity index (χ2v) is 7.45. The summed E-state index contributed by atoms with van der Waals surface area (Å²) in [4.78, 5) is -0.129. The van der Waals surface area contributed by atoms with Gasteiger partial charge in [-0.2, -0.15) is 11.3 Å². The van der Waals surface area contributed by atoms with E-state index in [1.165, 1.54) is 0 Å². The van der Waals surface area contributed by atoms with Crippen LogP contribution in [0.25, 0.3) is 0 Å². The second-order valence-electron chi connectivity index (χ2n) is 4.08. The number of hydrogen-bond acceptors (Lipinski definition) is 4. The van der Waals surface area contributed by atoms with Gasteiger partial charge in [0.1, 0.15) is 10.7 Å². The molecule has 8 heteroatoms. The zero-order chi connectivity index (χ0) is 14.8. The number of thiophene rings is 1. The van der Waals surface area contributed by atoms with Crippen LogP contribution < -0.4 is 10.5 Å². The number of benzene rings is 1. The Labute approximate surface area is 129 Å². The molecule has 0 saturated carbocycles. The van der Waals surface area contributed by atoms with Gasteiger partial charge in [-0.15, -0.1) is 0 Å². The summed E-state index contributed by atoms with van der Waals surface area (Å²) in [6.07, 6.45) is 0.588. The Morgan fingerprint density at radius 2 is 2.15 bits per heavy atom. The van der Waals surface area contributed by atoms with Crippen molar-refractivity contribution >= 4 is 43.0 Å². The van der Waals surface area contributed by atoms with E-state index in [1.807, 2.05) is 16.8 Å². The molecule has 2 rings (SSSR count). The lowest BCUT2D eigenvalue weighted by atomic mass is 10.2. The van der Waals surface area contributed by atoms with Crippen LogP contribution >= 0.6 is 27.3 Å². The van der Waals surface area contributed by atoms with Crippen LogP contribution in [0.2, 0.25) is 0 Å². The third kappa shape index (κ3) is 3.57. The highest BCUT2D eigenvalue weighted by molar-refractivity contribution is 9.10. The van der Waals surface area contributed by atoms with Crippen molar-refractivity contribution in [1.82, 2.24) is 4.72 Å². The number of nitrogens with two attached hydrogens (primary N) is 1. The predicted octanol–water partition coefficient (Wildman–Crippen LogP) is 2.75. The number of sulfonamides is 1. The zero-order valence-electron chi connectivity index (χ0n) is 10.3. The lowest BCUT2D eigenvalue weighted by Gasteiger charge is -2.09. The maximum atomic E-state index is 13.2. The molecule has 0 radical (unpaired) electrons. The quantitative estimate of drug-likeness (QED) is 0.785. The van der Waals surface area contributed by atoms with E-state index < -0.39 is 15.8 Å². The van der Waals surface area contributed by atoms with Crippen molar-refractivity contribution in [1.29, 1.82) is 0 Å². The van der Waals surface area contributed by atoms with Crippen molar-refractivity contribution in [2.75, 3.05) is 12.3 Å². The smallest absolute Gasteiger partial charge is 0.242 e. The van der Waals surface area contributed by atoms with E-state index >= 15 is 0 Å². The molecule has 3 N–H and O–H groups in total. The van der Waals surface area contributed by atoms with Gasteiger partial charge in [0.05, 0.1) is 10.2 Å². The molecule has 0 bridgehead atoms. The molecule has 108 valence electrons. The first-order valence-corrected chi connectivity index (χ1v) is 8.87. The Morgan fingerprint density at radius 1 is 1.40 bits per heavy atom. The van der Waals surface area contributed by atoms with Gasteiger partial charge in [0, 0.05) is 6.54 Å². The molecule has 1 aromatic carbocycles. The standard InChI is InChI=1S/C12H12BrFN2O2S2/c13-9-5-12(11(15)6-10(9)14)20(17,18)16-3-1-8-2-4-19-7-8/h2,4-7,16H,1,3,15H2. The van der Waals surface area contributed by atoms with E-state index in [9.17, 15) is 12.8 Å². The van der Waals surface area contributed by atoms with Gasteiger partial charge in [0.2, 0.25) is 10.0 Å². The highest BCUT2D eigenvalue weighted by Gasteiger charge is 2.19. The molecule has 0 spiro atoms. The van der Waals surface area contributed by atoms with Crippen LogP contribution in [-0.4, -0.2) is 15.0 Å². The van der Waals surface area contributed by atoms with Gasteiger partial charge >= 0.3 is 0 Å². The van der Waals surface area contributed by atoms with Crippen molar-refractivity contribution in [3.05, 3.63) is 44.8 Å². The number of nitrogens with one attached hydrogen (secondary N) is 1. The number of halogens is 2. The van der Waals surface area contributed by atoms with Crippen molar-refractivity contribution in [2.45, 2.75) is 11.3 Å². The van der Waals surface area contributed by atoms with Crippen LogP contribution in [-0.2, 0) is 16.4 Å². The van der Waals surface area contributed by atoms with Gasteiger partial charge in [-0.3, -0.25) is 0 Å². The Kier molecular flexibility index (Phi) is 4.79. The topological polar surface area (TPSA) is 72.2 Å². The van der Waals surface area contributed by atoms with Crippen molar-refractivity contribution < 1.29 is 12.8 Å². The molecule has 2 aromatic rings. The first-order chi connectivity index (χ1) is 9.40. The minimum atomic E-state index is -3.75. The molecule has 0 aliphatic heterocycles. The first kappa shape index (κ1) is 15.4. The summed E-state index contributed by atoms with van der Waals surface area (Å²) in [5.41, 5.74) is 6.51. The molecule has 1 heterocycles. The van der Waals surface area contributed by atoms with Gasteiger partial charge in [0.25, 0.3) is 0 Å². The number of anilines is 1. The van der Waals surface area contributed by atoms with Gasteiger partial charge < -0.3 is 5.73 Å². The van der Waals surface area contributed by atoms with Crippen LogP contribution in [0.15, 0.2) is 38.3 Å². The van der Waals surface area contributed by atoms with Crippen LogP contribution in [0.1, 0.15) is 5.56 Å². The lowest BCUT2D eigenvalue weighted by Crippen LogP contribution is -2.26. The zero-order valence-corrected chi connectivity index (χ0v) is 13.5. The molecule has 0 saturated heterocycles. The van der Waals surface area contributed by atoms with Crippen molar-refractivity contribution in [3.63, 3.8) is 0 Å². The van der Waals surface area contributed by atoms with E-state index in [1.54, 1.807) is 11.3 Å². The predicted molar refractivity (Wildman–Crippen MR) is 81.7 cm³/mol. The Morgan fingerprint density at radius 3 is 2.80 bits per heavy atom. The molecule has 0 aliphatic rings. The summed E-state index contributed by atoms with van der Waals surface area (Å²) in [6.45, 7) is 0.257. The van der Waals surface area contributed by atoms with E-state index in [2.05, 4.69) is 20.7 Å². The molecule has 0 amide bonds. The minimum absolute atomic E-state index is 0.0601. The SMILES string of the molecule is Nc1cc(F)c(Br)cc1S(=O)(=O)NCCc1ccsc1. The molecular weight excluding hydrogens is 367 g/mol. The van der Waals surface area contributed by atoms with Crippen LogP contribution in [0.4, 0.5) is 10.1 Å². The van der Waals surface area contributed by atoms with Gasteiger partial charge in [-0.25, -0.2) is 17.5 Å². The van der Waals surface area contributed by atoms with Gasteiger partial charge in [0.15, 0.2) is 0 Å². The van der Waals surface area contributed by atoms with Crippen molar-refractivity contribution in [2.24, 2.45) is 0 Å². The summed E-state index contributed by atoms with van der Waals surface area (Å²) >= 11 is 4.51. The van der Waals surface area contributed by atoms with E-state index in [0.717, 1.165) is 17.7 Å². The highest BCUT2D eigenvalue weighted by atomic mass is 79.9. The van der Waals surface area contributed by atoms with Gasteiger partial charge in [-0.1, -0.05) is 0 Å². The Hall–Kier alpha value is -0.960. The second kappa shape index (κ2) is 6.21. The van der Waals surface area contributed by atoms with Gasteiger partial charge in [-0.05, 0) is 56.9 Å². The molecule has 0 atom stereocenters. The fraction of sp³-hybridized carbons (Fsp3) is 0.167. The van der Waals surface area contributed by atoms with Crippen LogP contribution in [0.5, 0.6) is 0 Å². The summed E-state index contributed by atoms with van der Waals surface area (Å²) in [6, 6.07) is 4.08. The minimum Gasteiger partial charge on any atom is -0.398 e. The van der Waals surface area contributed by atoms with E-state index in [-0.39, 0.29) is 21.6 Å². The summed E-state index contributed by atoms with van der Waals surface area (Å²) in [5.74, 6) is -0.597. The molecule has 0 aliphatic carbocycles. The average molecular weight is 379 g/mol. The Balaban J connectivity index is 2.12. The Bertz CT molecular complexity index is 702. The van der Waals surface area contributed by atoms with E-state index in [0.29, 0.717) is 6.42 Å². The average Bonchev–Trinajstić information content (AvgIpc) is 2.86. The third-order valence-electron chi connectivity index (χ3n) is 2.63. The van der Waals surface area contributed by atoms with Crippen molar-refractivity contribution in [3.8, 4) is 0 Å². The maximum absolute atomic E-state index is 13.2. The number of hydrogen-bond donors (Lipinski definition) is 2. The molecule has 20 heavy (non-hydrogen) atoms. The largest absolute Gasteiger partial charge is 0.398 e. The van der Waals surface area contributed by atoms with E-state index in [4.69, 9.17) is 5.73 Å². The maximum Gasteiger partial charge on any atom is 0.242 e. The number of rotatable bonds is 5. The fourth-order valence-corrected chi connectivity index (χ4v) is 3.99. The molecule has 1 aromatic heterocycles. The monoisotopic (exact) mass is 378 g/mol. The third-order valence-corrected chi connectivity index (χ3v) is 5.48. The lowest BCUT2D eigenvalue weighted by molar-refractivity contribution is 0.581.